The van der Waals surface area contributed by atoms with E-state index < -0.39 is 16.7 Å². The van der Waals surface area contributed by atoms with E-state index in [2.05, 4.69) is 16.6 Å². The number of hydrogen-bond donors (Lipinski definition) is 2. The van der Waals surface area contributed by atoms with Crippen molar-refractivity contribution >= 4 is 23.2 Å². The second kappa shape index (κ2) is 8.26. The third kappa shape index (κ3) is 4.65. The van der Waals surface area contributed by atoms with Gasteiger partial charge in [-0.25, -0.2) is 0 Å². The minimum Gasteiger partial charge on any atom is -0.341 e. The largest absolute Gasteiger partial charge is 0.341 e. The summed E-state index contributed by atoms with van der Waals surface area (Å²) < 4.78 is 0. The molecular weight excluding hydrogens is 322 g/mol. The van der Waals surface area contributed by atoms with Crippen LogP contribution in [0, 0.1) is 22.5 Å². The van der Waals surface area contributed by atoms with Crippen molar-refractivity contribution in [2.24, 2.45) is 0 Å². The molecule has 126 valence electrons. The van der Waals surface area contributed by atoms with Crippen molar-refractivity contribution in [2.75, 3.05) is 11.9 Å². The smallest absolute Gasteiger partial charge is 0.273 e. The summed E-state index contributed by atoms with van der Waals surface area (Å²) in [6.45, 7) is 0.0668. The number of rotatable bonds is 6. The molecule has 0 saturated heterocycles. The third-order valence-electron chi connectivity index (χ3n) is 3.34. The lowest BCUT2D eigenvalue weighted by Gasteiger charge is -2.10. The Morgan fingerprint density at radius 2 is 1.80 bits per heavy atom. The number of carbonyl (C=O) groups is 2. The van der Waals surface area contributed by atoms with Gasteiger partial charge >= 0.3 is 0 Å². The molecule has 2 amide bonds. The highest BCUT2D eigenvalue weighted by molar-refractivity contribution is 6.04. The Hall–Kier alpha value is -3.66. The minimum atomic E-state index is -0.538. The van der Waals surface area contributed by atoms with Crippen molar-refractivity contribution in [2.45, 2.75) is 6.42 Å². The van der Waals surface area contributed by atoms with Crippen LogP contribution in [0.5, 0.6) is 0 Å². The van der Waals surface area contributed by atoms with Gasteiger partial charge in [0.1, 0.15) is 0 Å². The Morgan fingerprint density at radius 1 is 1.12 bits per heavy atom. The molecule has 0 fully saturated rings. The van der Waals surface area contributed by atoms with Gasteiger partial charge < -0.3 is 10.6 Å². The highest BCUT2D eigenvalue weighted by Gasteiger charge is 2.17. The maximum absolute atomic E-state index is 12.2. The van der Waals surface area contributed by atoms with E-state index in [1.165, 1.54) is 18.2 Å². The number of anilines is 1. The van der Waals surface area contributed by atoms with Gasteiger partial charge in [-0.2, -0.15) is 0 Å². The van der Waals surface area contributed by atoms with Gasteiger partial charge in [0.25, 0.3) is 11.6 Å². The molecule has 0 unspecified atom stereocenters. The Morgan fingerprint density at radius 3 is 2.52 bits per heavy atom. The molecule has 0 saturated carbocycles. The number of carbonyl (C=O) groups excluding carboxylic acids is 2. The lowest BCUT2D eigenvalue weighted by atomic mass is 10.1. The van der Waals surface area contributed by atoms with Crippen molar-refractivity contribution < 1.29 is 14.5 Å². The van der Waals surface area contributed by atoms with Crippen molar-refractivity contribution in [3.8, 4) is 12.3 Å². The van der Waals surface area contributed by atoms with E-state index in [1.807, 2.05) is 0 Å². The molecule has 25 heavy (non-hydrogen) atoms. The van der Waals surface area contributed by atoms with E-state index in [-0.39, 0.29) is 24.2 Å². The second-order valence-corrected chi connectivity index (χ2v) is 5.04. The molecule has 0 aliphatic heterocycles. The Kier molecular flexibility index (Phi) is 5.85. The molecule has 7 nitrogen and oxygen atoms in total. The van der Waals surface area contributed by atoms with Crippen LogP contribution in [0.25, 0.3) is 0 Å². The molecule has 2 aromatic rings. The molecule has 0 aliphatic rings. The van der Waals surface area contributed by atoms with Crippen LogP contribution >= 0.6 is 0 Å². The first-order valence-corrected chi connectivity index (χ1v) is 7.35. The van der Waals surface area contributed by atoms with Gasteiger partial charge in [0.15, 0.2) is 0 Å². The number of benzene rings is 2. The van der Waals surface area contributed by atoms with Gasteiger partial charge in [-0.15, -0.1) is 6.42 Å². The number of nitro groups is 1. The van der Waals surface area contributed by atoms with Gasteiger partial charge in [0.05, 0.1) is 29.1 Å². The normalized spacial score (nSPS) is 9.72. The van der Waals surface area contributed by atoms with Crippen LogP contribution in [0.3, 0.4) is 0 Å². The van der Waals surface area contributed by atoms with Crippen LogP contribution in [0.4, 0.5) is 11.4 Å². The van der Waals surface area contributed by atoms with Crippen molar-refractivity contribution in [1.82, 2.24) is 5.32 Å². The van der Waals surface area contributed by atoms with Gasteiger partial charge in [0, 0.05) is 11.6 Å². The van der Waals surface area contributed by atoms with Crippen LogP contribution < -0.4 is 10.6 Å². The summed E-state index contributed by atoms with van der Waals surface area (Å²) in [6, 6.07) is 12.4. The summed E-state index contributed by atoms with van der Waals surface area (Å²) >= 11 is 0. The molecular formula is C18H15N3O4. The number of nitrogens with one attached hydrogen (secondary N) is 2. The first-order valence-electron chi connectivity index (χ1n) is 7.35. The average Bonchev–Trinajstić information content (AvgIpc) is 2.60. The first-order chi connectivity index (χ1) is 12.0. The van der Waals surface area contributed by atoms with Crippen LogP contribution in [0.15, 0.2) is 48.5 Å². The minimum absolute atomic E-state index is 0.0668. The maximum Gasteiger partial charge on any atom is 0.273 e. The van der Waals surface area contributed by atoms with E-state index in [4.69, 9.17) is 6.42 Å². The van der Waals surface area contributed by atoms with Gasteiger partial charge in [-0.1, -0.05) is 36.3 Å². The highest BCUT2D eigenvalue weighted by atomic mass is 16.6. The number of terminal acetylenes is 1. The summed E-state index contributed by atoms with van der Waals surface area (Å²) in [5.41, 5.74) is 0.728. The Bertz CT molecular complexity index is 855. The lowest BCUT2D eigenvalue weighted by molar-refractivity contribution is -0.385. The van der Waals surface area contributed by atoms with E-state index in [1.54, 1.807) is 30.3 Å². The van der Waals surface area contributed by atoms with E-state index in [0.29, 0.717) is 11.3 Å². The van der Waals surface area contributed by atoms with E-state index in [0.717, 1.165) is 0 Å². The Balaban J connectivity index is 2.16. The number of amides is 2. The lowest BCUT2D eigenvalue weighted by Crippen LogP contribution is -2.25. The molecule has 0 spiro atoms. The number of hydrogen-bond acceptors (Lipinski definition) is 4. The fourth-order valence-corrected chi connectivity index (χ4v) is 2.22. The van der Waals surface area contributed by atoms with Crippen LogP contribution in [0.2, 0.25) is 0 Å². The van der Waals surface area contributed by atoms with Crippen LogP contribution in [-0.4, -0.2) is 23.3 Å². The maximum atomic E-state index is 12.2. The average molecular weight is 337 g/mol. The zero-order valence-corrected chi connectivity index (χ0v) is 13.2. The zero-order chi connectivity index (χ0) is 18.2. The molecule has 0 bridgehead atoms. The van der Waals surface area contributed by atoms with Crippen LogP contribution in [-0.2, 0) is 11.2 Å². The first kappa shape index (κ1) is 17.7. The second-order valence-electron chi connectivity index (χ2n) is 5.04. The molecule has 7 heteroatoms. The molecule has 2 rings (SSSR count). The summed E-state index contributed by atoms with van der Waals surface area (Å²) in [4.78, 5) is 34.8. The van der Waals surface area contributed by atoms with Gasteiger partial charge in [-0.05, 0) is 12.1 Å². The quantitative estimate of drug-likeness (QED) is 0.479. The predicted molar refractivity (Wildman–Crippen MR) is 93.0 cm³/mol. The number of nitro benzene ring substituents is 1. The SMILES string of the molecule is C#CCNC(=O)c1ccccc1NC(=O)Cc1ccccc1[N+](=O)[O-]. The van der Waals surface area contributed by atoms with Crippen molar-refractivity contribution in [3.05, 3.63) is 69.8 Å². The predicted octanol–water partition coefficient (Wildman–Crippen LogP) is 2.14. The monoisotopic (exact) mass is 337 g/mol. The molecule has 0 heterocycles. The third-order valence-corrected chi connectivity index (χ3v) is 3.34. The number of nitrogens with zero attached hydrogens (tertiary/aromatic N) is 1. The summed E-state index contributed by atoms with van der Waals surface area (Å²) in [6.07, 6.45) is 4.93. The van der Waals surface area contributed by atoms with Crippen molar-refractivity contribution in [1.29, 1.82) is 0 Å². The molecule has 0 radical (unpaired) electrons. The van der Waals surface area contributed by atoms with E-state index >= 15 is 0 Å². The summed E-state index contributed by atoms with van der Waals surface area (Å²) in [5, 5.41) is 16.1. The van der Waals surface area contributed by atoms with Crippen molar-refractivity contribution in [3.63, 3.8) is 0 Å². The summed E-state index contributed by atoms with van der Waals surface area (Å²) in [7, 11) is 0. The molecule has 0 atom stereocenters. The Labute approximate surface area is 144 Å². The molecule has 2 aromatic carbocycles. The molecule has 0 aromatic heterocycles. The zero-order valence-electron chi connectivity index (χ0n) is 13.2. The summed E-state index contributed by atoms with van der Waals surface area (Å²) in [5.74, 6) is 1.41. The number of para-hydroxylation sites is 2. The highest BCUT2D eigenvalue weighted by Crippen LogP contribution is 2.20. The fraction of sp³-hybridized carbons (Fsp3) is 0.111. The van der Waals surface area contributed by atoms with Gasteiger partial charge in [-0.3, -0.25) is 19.7 Å². The fourth-order valence-electron chi connectivity index (χ4n) is 2.22. The topological polar surface area (TPSA) is 101 Å². The molecule has 2 N–H and O–H groups in total. The molecule has 0 aliphatic carbocycles. The standard InChI is InChI=1S/C18H15N3O4/c1-2-11-19-18(23)14-8-4-5-9-15(14)20-17(22)12-13-7-3-6-10-16(13)21(24)25/h1,3-10H,11-12H2,(H,19,23)(H,20,22). The van der Waals surface area contributed by atoms with E-state index in [9.17, 15) is 19.7 Å². The van der Waals surface area contributed by atoms with Gasteiger partial charge in [0.2, 0.25) is 5.91 Å². The van der Waals surface area contributed by atoms with Crippen LogP contribution in [0.1, 0.15) is 15.9 Å².